The maximum Gasteiger partial charge on any atom is 0.141 e. The van der Waals surface area contributed by atoms with Crippen LogP contribution in [0.25, 0.3) is 0 Å². The molecule has 1 unspecified atom stereocenters. The van der Waals surface area contributed by atoms with Crippen LogP contribution in [0.3, 0.4) is 0 Å². The molecule has 0 amide bonds. The normalized spacial score (nSPS) is 23.8. The predicted octanol–water partition coefficient (Wildman–Crippen LogP) is 2.64. The van der Waals surface area contributed by atoms with E-state index in [-0.39, 0.29) is 6.10 Å². The van der Waals surface area contributed by atoms with Gasteiger partial charge in [-0.2, -0.15) is 0 Å². The molecule has 1 aromatic heterocycles. The van der Waals surface area contributed by atoms with E-state index in [1.54, 1.807) is 7.11 Å². The maximum absolute atomic E-state index is 10.2. The van der Waals surface area contributed by atoms with E-state index in [0.717, 1.165) is 49.1 Å². The van der Waals surface area contributed by atoms with E-state index in [4.69, 9.17) is 14.5 Å². The molecular weight excluding hydrogens is 378 g/mol. The summed E-state index contributed by atoms with van der Waals surface area (Å²) < 4.78 is 11.6. The van der Waals surface area contributed by atoms with Crippen molar-refractivity contribution >= 4 is 5.82 Å². The number of pyridine rings is 1. The zero-order chi connectivity index (χ0) is 20.8. The third-order valence-corrected chi connectivity index (χ3v) is 6.17. The van der Waals surface area contributed by atoms with E-state index in [1.807, 2.05) is 18.2 Å². The van der Waals surface area contributed by atoms with Crippen molar-refractivity contribution in [1.82, 2.24) is 10.3 Å². The first-order valence-electron chi connectivity index (χ1n) is 11.1. The number of aliphatic hydroxyl groups excluding tert-OH is 1. The number of benzene rings is 1. The van der Waals surface area contributed by atoms with Crippen molar-refractivity contribution in [2.24, 2.45) is 5.92 Å². The first kappa shape index (κ1) is 21.1. The summed E-state index contributed by atoms with van der Waals surface area (Å²) in [6, 6.07) is 14.4. The second-order valence-corrected chi connectivity index (χ2v) is 8.37. The van der Waals surface area contributed by atoms with Gasteiger partial charge in [-0.1, -0.05) is 30.3 Å². The van der Waals surface area contributed by atoms with E-state index in [1.165, 1.54) is 18.4 Å². The summed E-state index contributed by atoms with van der Waals surface area (Å²) in [4.78, 5) is 7.02. The van der Waals surface area contributed by atoms with Crippen LogP contribution in [0, 0.1) is 5.92 Å². The summed E-state index contributed by atoms with van der Waals surface area (Å²) in [7, 11) is 1.64. The third kappa shape index (κ3) is 5.31. The molecule has 6 heteroatoms. The number of ether oxygens (including phenoxy) is 2. The Morgan fingerprint density at radius 3 is 2.77 bits per heavy atom. The molecule has 6 nitrogen and oxygen atoms in total. The smallest absolute Gasteiger partial charge is 0.141 e. The van der Waals surface area contributed by atoms with Gasteiger partial charge in [0.05, 0.1) is 18.4 Å². The van der Waals surface area contributed by atoms with Crippen LogP contribution in [0.2, 0.25) is 0 Å². The maximum atomic E-state index is 10.2. The molecule has 2 saturated heterocycles. The van der Waals surface area contributed by atoms with Crippen molar-refractivity contribution < 1.29 is 14.6 Å². The first-order valence-corrected chi connectivity index (χ1v) is 11.1. The average molecular weight is 412 g/mol. The Morgan fingerprint density at radius 2 is 2.03 bits per heavy atom. The second kappa shape index (κ2) is 10.2. The number of nitrogens with zero attached hydrogens (tertiary/aromatic N) is 2. The van der Waals surface area contributed by atoms with Gasteiger partial charge in [-0.15, -0.1) is 0 Å². The van der Waals surface area contributed by atoms with E-state index in [9.17, 15) is 5.11 Å². The molecule has 3 atom stereocenters. The number of nitrogens with one attached hydrogen (secondary N) is 1. The fourth-order valence-electron chi connectivity index (χ4n) is 4.39. The fourth-order valence-corrected chi connectivity index (χ4v) is 4.39. The van der Waals surface area contributed by atoms with Gasteiger partial charge in [0, 0.05) is 26.6 Å². The van der Waals surface area contributed by atoms with E-state index in [2.05, 4.69) is 34.5 Å². The van der Waals surface area contributed by atoms with E-state index < -0.39 is 6.10 Å². The SMILES string of the molecule is CO[C@@H]1CN(c2ccc(OCCCC3CCNC3)c(Cc3ccccc3)n2)C[C@H]1O. The van der Waals surface area contributed by atoms with Crippen LogP contribution in [-0.2, 0) is 11.2 Å². The first-order chi connectivity index (χ1) is 14.7. The topological polar surface area (TPSA) is 66.9 Å². The predicted molar refractivity (Wildman–Crippen MR) is 118 cm³/mol. The lowest BCUT2D eigenvalue weighted by molar-refractivity contribution is 0.0217. The largest absolute Gasteiger partial charge is 0.492 e. The number of aliphatic hydroxyl groups is 1. The van der Waals surface area contributed by atoms with Gasteiger partial charge in [-0.25, -0.2) is 4.98 Å². The quantitative estimate of drug-likeness (QED) is 0.619. The average Bonchev–Trinajstić information content (AvgIpc) is 3.42. The van der Waals surface area contributed by atoms with E-state index in [0.29, 0.717) is 19.7 Å². The highest BCUT2D eigenvalue weighted by Gasteiger charge is 2.32. The van der Waals surface area contributed by atoms with Crippen LogP contribution in [0.15, 0.2) is 42.5 Å². The van der Waals surface area contributed by atoms with Crippen molar-refractivity contribution in [3.63, 3.8) is 0 Å². The Kier molecular flexibility index (Phi) is 7.20. The molecule has 30 heavy (non-hydrogen) atoms. The monoisotopic (exact) mass is 411 g/mol. The zero-order valence-electron chi connectivity index (χ0n) is 17.8. The van der Waals surface area contributed by atoms with Gasteiger partial charge in [0.2, 0.25) is 0 Å². The lowest BCUT2D eigenvalue weighted by Gasteiger charge is -2.19. The minimum Gasteiger partial charge on any atom is -0.492 e. The third-order valence-electron chi connectivity index (χ3n) is 6.17. The van der Waals surface area contributed by atoms with Gasteiger partial charge in [-0.05, 0) is 56.0 Å². The highest BCUT2D eigenvalue weighted by atomic mass is 16.5. The van der Waals surface area contributed by atoms with Crippen molar-refractivity contribution in [2.75, 3.05) is 44.8 Å². The molecule has 0 bridgehead atoms. The van der Waals surface area contributed by atoms with Gasteiger partial charge in [-0.3, -0.25) is 0 Å². The summed E-state index contributed by atoms with van der Waals surface area (Å²) in [5.74, 6) is 2.51. The minimum absolute atomic E-state index is 0.176. The summed E-state index contributed by atoms with van der Waals surface area (Å²) in [6.45, 7) is 4.18. The number of methoxy groups -OCH3 is 1. The number of β-amino-alcohol motifs (C(OH)–C–C–N with tert-alkyl or cyclic N) is 1. The van der Waals surface area contributed by atoms with Crippen LogP contribution in [0.5, 0.6) is 5.75 Å². The summed E-state index contributed by atoms with van der Waals surface area (Å²) >= 11 is 0. The highest BCUT2D eigenvalue weighted by Crippen LogP contribution is 2.27. The van der Waals surface area contributed by atoms with Crippen molar-refractivity contribution in [3.05, 3.63) is 53.7 Å². The van der Waals surface area contributed by atoms with Gasteiger partial charge < -0.3 is 24.8 Å². The number of rotatable bonds is 9. The second-order valence-electron chi connectivity index (χ2n) is 8.37. The number of hydrogen-bond donors (Lipinski definition) is 2. The van der Waals surface area contributed by atoms with E-state index >= 15 is 0 Å². The molecule has 2 N–H and O–H groups in total. The van der Waals surface area contributed by atoms with Gasteiger partial charge >= 0.3 is 0 Å². The Hall–Kier alpha value is -2.15. The van der Waals surface area contributed by atoms with Crippen LogP contribution < -0.4 is 15.0 Å². The van der Waals surface area contributed by atoms with Crippen LogP contribution >= 0.6 is 0 Å². The van der Waals surface area contributed by atoms with Crippen molar-refractivity contribution in [1.29, 1.82) is 0 Å². The van der Waals surface area contributed by atoms with Gasteiger partial charge in [0.1, 0.15) is 17.7 Å². The fraction of sp³-hybridized carbons (Fsp3) is 0.542. The molecule has 2 aliphatic rings. The number of hydrogen-bond acceptors (Lipinski definition) is 6. The molecule has 162 valence electrons. The molecule has 0 spiro atoms. The summed E-state index contributed by atoms with van der Waals surface area (Å²) in [5, 5.41) is 13.6. The highest BCUT2D eigenvalue weighted by molar-refractivity contribution is 5.47. The van der Waals surface area contributed by atoms with Crippen LogP contribution in [0.1, 0.15) is 30.5 Å². The molecule has 0 saturated carbocycles. The lowest BCUT2D eigenvalue weighted by atomic mass is 10.0. The lowest BCUT2D eigenvalue weighted by Crippen LogP contribution is -2.25. The van der Waals surface area contributed by atoms with Crippen LogP contribution in [0.4, 0.5) is 5.82 Å². The molecule has 4 rings (SSSR count). The Balaban J connectivity index is 1.45. The standard InChI is InChI=1S/C24H33N3O3/c1-29-23-17-27(16-21(23)28)24-10-9-22(30-13-5-8-19-11-12-25-15-19)20(26-24)14-18-6-3-2-4-7-18/h2-4,6-7,9-10,19,21,23,25,28H,5,8,11-17H2,1H3/t19?,21-,23-/m1/s1. The molecule has 3 heterocycles. The number of aromatic nitrogens is 1. The van der Waals surface area contributed by atoms with Gasteiger partial charge in [0.15, 0.2) is 0 Å². The molecule has 2 aromatic rings. The Labute approximate surface area is 179 Å². The van der Waals surface area contributed by atoms with Crippen molar-refractivity contribution in [2.45, 2.75) is 37.9 Å². The summed E-state index contributed by atoms with van der Waals surface area (Å²) in [5.41, 5.74) is 2.15. The molecular formula is C24H33N3O3. The molecule has 0 radical (unpaired) electrons. The Bertz CT molecular complexity index is 796. The molecule has 2 fully saturated rings. The minimum atomic E-state index is -0.490. The van der Waals surface area contributed by atoms with Crippen molar-refractivity contribution in [3.8, 4) is 5.75 Å². The zero-order valence-corrected chi connectivity index (χ0v) is 17.8. The number of anilines is 1. The van der Waals surface area contributed by atoms with Gasteiger partial charge in [0.25, 0.3) is 0 Å². The Morgan fingerprint density at radius 1 is 1.17 bits per heavy atom. The summed E-state index contributed by atoms with van der Waals surface area (Å²) in [6.07, 6.45) is 3.60. The molecule has 1 aromatic carbocycles. The van der Waals surface area contributed by atoms with Crippen LogP contribution in [-0.4, -0.2) is 62.2 Å². The molecule has 2 aliphatic heterocycles. The molecule has 0 aliphatic carbocycles.